The zero-order chi connectivity index (χ0) is 19.8. The van der Waals surface area contributed by atoms with Crippen molar-refractivity contribution in [1.29, 1.82) is 0 Å². The molecule has 140 valence electrons. The molecule has 0 aliphatic carbocycles. The number of esters is 1. The molecule has 2 aromatic rings. The van der Waals surface area contributed by atoms with E-state index in [-0.39, 0.29) is 12.3 Å². The van der Waals surface area contributed by atoms with Gasteiger partial charge in [0.05, 0.1) is 0 Å². The minimum atomic E-state index is -0.759. The second kappa shape index (κ2) is 9.49. The van der Waals surface area contributed by atoms with Crippen molar-refractivity contribution in [1.82, 2.24) is 5.32 Å². The summed E-state index contributed by atoms with van der Waals surface area (Å²) in [5, 5.41) is 5.40. The van der Waals surface area contributed by atoms with Gasteiger partial charge in [0.25, 0.3) is 11.8 Å². The Balaban J connectivity index is 1.75. The molecule has 8 heteroatoms. The summed E-state index contributed by atoms with van der Waals surface area (Å²) in [5.41, 5.74) is 1.21. The van der Waals surface area contributed by atoms with Crippen LogP contribution in [-0.4, -0.2) is 36.7 Å². The van der Waals surface area contributed by atoms with Crippen LogP contribution >= 0.6 is 11.6 Å². The van der Waals surface area contributed by atoms with Crippen molar-refractivity contribution in [3.63, 3.8) is 0 Å². The molecule has 27 heavy (non-hydrogen) atoms. The number of nitrogens with one attached hydrogen (secondary N) is 2. The van der Waals surface area contributed by atoms with Crippen LogP contribution in [0.5, 0.6) is 0 Å². The molecule has 0 fully saturated rings. The maximum absolute atomic E-state index is 11.9. The van der Waals surface area contributed by atoms with Crippen LogP contribution in [-0.2, 0) is 14.3 Å². The first-order chi connectivity index (χ1) is 12.8. The van der Waals surface area contributed by atoms with E-state index in [9.17, 15) is 19.2 Å². The Labute approximate surface area is 160 Å². The van der Waals surface area contributed by atoms with Crippen LogP contribution in [0.2, 0.25) is 5.02 Å². The third-order valence-corrected chi connectivity index (χ3v) is 3.67. The number of ether oxygens (including phenoxy) is 1. The van der Waals surface area contributed by atoms with Crippen molar-refractivity contribution in [3.05, 3.63) is 64.7 Å². The van der Waals surface area contributed by atoms with E-state index >= 15 is 0 Å². The number of hydrogen-bond acceptors (Lipinski definition) is 5. The van der Waals surface area contributed by atoms with E-state index in [4.69, 9.17) is 16.3 Å². The molecule has 7 nitrogen and oxygen atoms in total. The van der Waals surface area contributed by atoms with Crippen LogP contribution in [0.4, 0.5) is 5.69 Å². The van der Waals surface area contributed by atoms with Crippen LogP contribution in [0.25, 0.3) is 0 Å². The van der Waals surface area contributed by atoms with E-state index in [1.54, 1.807) is 30.3 Å². The lowest BCUT2D eigenvalue weighted by atomic mass is 10.1. The Morgan fingerprint density at radius 1 is 1.00 bits per heavy atom. The van der Waals surface area contributed by atoms with Crippen molar-refractivity contribution >= 4 is 40.9 Å². The van der Waals surface area contributed by atoms with Gasteiger partial charge in [0.2, 0.25) is 0 Å². The Morgan fingerprint density at radius 2 is 1.70 bits per heavy atom. The van der Waals surface area contributed by atoms with E-state index in [0.717, 1.165) is 0 Å². The number of rotatable bonds is 7. The molecule has 0 unspecified atom stereocenters. The highest BCUT2D eigenvalue weighted by molar-refractivity contribution is 6.30. The minimum absolute atomic E-state index is 0.131. The standard InChI is InChI=1S/C19H17ClN2O5/c1-12(23)14-3-2-4-16(9-14)22-17(24)11-27-18(25)10-21-19(26)13-5-7-15(20)8-6-13/h2-9H,10-11H2,1H3,(H,21,26)(H,22,24). The van der Waals surface area contributed by atoms with Gasteiger partial charge in [-0.1, -0.05) is 23.7 Å². The summed E-state index contributed by atoms with van der Waals surface area (Å²) in [7, 11) is 0. The average molecular weight is 389 g/mol. The van der Waals surface area contributed by atoms with E-state index in [2.05, 4.69) is 10.6 Å². The van der Waals surface area contributed by atoms with Gasteiger partial charge in [-0.05, 0) is 43.3 Å². The minimum Gasteiger partial charge on any atom is -0.454 e. The predicted molar refractivity (Wildman–Crippen MR) is 99.8 cm³/mol. The number of hydrogen-bond donors (Lipinski definition) is 2. The van der Waals surface area contributed by atoms with Crippen molar-refractivity contribution < 1.29 is 23.9 Å². The summed E-state index contributed by atoms with van der Waals surface area (Å²) in [6.45, 7) is 0.523. The van der Waals surface area contributed by atoms with E-state index in [1.165, 1.54) is 25.1 Å². The molecule has 0 aliphatic rings. The second-order valence-electron chi connectivity index (χ2n) is 5.54. The van der Waals surface area contributed by atoms with E-state index in [1.807, 2.05) is 0 Å². The Hall–Kier alpha value is -3.19. The maximum Gasteiger partial charge on any atom is 0.325 e. The summed E-state index contributed by atoms with van der Waals surface area (Å²) in [4.78, 5) is 46.6. The van der Waals surface area contributed by atoms with Gasteiger partial charge in [0, 0.05) is 21.8 Å². The molecule has 2 amide bonds. The van der Waals surface area contributed by atoms with Crippen LogP contribution in [0.1, 0.15) is 27.6 Å². The first-order valence-electron chi connectivity index (χ1n) is 7.95. The summed E-state index contributed by atoms with van der Waals surface area (Å²) in [6, 6.07) is 12.5. The lowest BCUT2D eigenvalue weighted by molar-refractivity contribution is -0.146. The average Bonchev–Trinajstić information content (AvgIpc) is 2.65. The molecule has 2 aromatic carbocycles. The number of carbonyl (C=O) groups is 4. The van der Waals surface area contributed by atoms with E-state index < -0.39 is 24.4 Å². The van der Waals surface area contributed by atoms with Gasteiger partial charge in [-0.15, -0.1) is 0 Å². The number of amides is 2. The topological polar surface area (TPSA) is 102 Å². The molecule has 0 radical (unpaired) electrons. The van der Waals surface area contributed by atoms with Gasteiger partial charge in [-0.3, -0.25) is 19.2 Å². The van der Waals surface area contributed by atoms with E-state index in [0.29, 0.717) is 21.8 Å². The first kappa shape index (κ1) is 20.1. The molecule has 2 N–H and O–H groups in total. The molecule has 0 bridgehead atoms. The number of benzene rings is 2. The SMILES string of the molecule is CC(=O)c1cccc(NC(=O)COC(=O)CNC(=O)c2ccc(Cl)cc2)c1. The van der Waals surface area contributed by atoms with Gasteiger partial charge in [0.1, 0.15) is 6.54 Å². The molecular formula is C19H17ClN2O5. The lowest BCUT2D eigenvalue weighted by Crippen LogP contribution is -2.32. The number of halogens is 1. The molecule has 0 atom stereocenters. The summed E-state index contributed by atoms with van der Waals surface area (Å²) < 4.78 is 4.81. The van der Waals surface area contributed by atoms with Crippen LogP contribution in [0.3, 0.4) is 0 Å². The van der Waals surface area contributed by atoms with Crippen LogP contribution < -0.4 is 10.6 Å². The highest BCUT2D eigenvalue weighted by Crippen LogP contribution is 2.11. The smallest absolute Gasteiger partial charge is 0.325 e. The number of Topliss-reactive ketones (excluding diaryl/α,β-unsaturated/α-hetero) is 1. The van der Waals surface area contributed by atoms with Gasteiger partial charge < -0.3 is 15.4 Å². The van der Waals surface area contributed by atoms with Crippen molar-refractivity contribution in [2.75, 3.05) is 18.5 Å². The highest BCUT2D eigenvalue weighted by atomic mass is 35.5. The Kier molecular flexibility index (Phi) is 7.08. The molecule has 0 spiro atoms. The third kappa shape index (κ3) is 6.56. The molecule has 0 aromatic heterocycles. The maximum atomic E-state index is 11.9. The highest BCUT2D eigenvalue weighted by Gasteiger charge is 2.11. The molecule has 2 rings (SSSR count). The van der Waals surface area contributed by atoms with Gasteiger partial charge >= 0.3 is 5.97 Å². The number of ketones is 1. The molecule has 0 saturated carbocycles. The van der Waals surface area contributed by atoms with Crippen molar-refractivity contribution in [2.45, 2.75) is 6.92 Å². The fourth-order valence-corrected chi connectivity index (χ4v) is 2.19. The summed E-state index contributed by atoms with van der Waals surface area (Å²) >= 11 is 5.74. The third-order valence-electron chi connectivity index (χ3n) is 3.42. The Bertz CT molecular complexity index is 865. The zero-order valence-electron chi connectivity index (χ0n) is 14.5. The zero-order valence-corrected chi connectivity index (χ0v) is 15.2. The summed E-state index contributed by atoms with van der Waals surface area (Å²) in [6.07, 6.45) is 0. The fraction of sp³-hybridized carbons (Fsp3) is 0.158. The first-order valence-corrected chi connectivity index (χ1v) is 8.33. The second-order valence-corrected chi connectivity index (χ2v) is 5.97. The normalized spacial score (nSPS) is 10.0. The lowest BCUT2D eigenvalue weighted by Gasteiger charge is -2.08. The quantitative estimate of drug-likeness (QED) is 0.560. The van der Waals surface area contributed by atoms with Crippen molar-refractivity contribution in [3.8, 4) is 0 Å². The van der Waals surface area contributed by atoms with Gasteiger partial charge in [-0.2, -0.15) is 0 Å². The summed E-state index contributed by atoms with van der Waals surface area (Å²) in [5.74, 6) is -1.92. The van der Waals surface area contributed by atoms with Crippen LogP contribution in [0, 0.1) is 0 Å². The van der Waals surface area contributed by atoms with Gasteiger partial charge in [-0.25, -0.2) is 0 Å². The fourth-order valence-electron chi connectivity index (χ4n) is 2.07. The molecule has 0 saturated heterocycles. The largest absolute Gasteiger partial charge is 0.454 e. The number of anilines is 1. The number of carbonyl (C=O) groups excluding carboxylic acids is 4. The van der Waals surface area contributed by atoms with Gasteiger partial charge in [0.15, 0.2) is 12.4 Å². The molecule has 0 heterocycles. The van der Waals surface area contributed by atoms with Crippen molar-refractivity contribution in [2.24, 2.45) is 0 Å². The Morgan fingerprint density at radius 3 is 2.37 bits per heavy atom. The predicted octanol–water partition coefficient (Wildman–Crippen LogP) is 2.45. The van der Waals surface area contributed by atoms with Crippen LogP contribution in [0.15, 0.2) is 48.5 Å². The molecule has 0 aliphatic heterocycles. The molecular weight excluding hydrogens is 372 g/mol. The monoisotopic (exact) mass is 388 g/mol.